The number of carboxylic acids is 1. The SMILES string of the molecule is CON=C(C(=O)CBr)C(=O)NC1C(=O)N2C(C(=O)O)=C(c3nncs3)CS[C@H]12. The minimum absolute atomic E-state index is 0.150. The van der Waals surface area contributed by atoms with Gasteiger partial charge in [0, 0.05) is 11.3 Å². The van der Waals surface area contributed by atoms with Gasteiger partial charge in [-0.25, -0.2) is 4.79 Å². The molecule has 1 aromatic rings. The van der Waals surface area contributed by atoms with Gasteiger partial charge in [-0.2, -0.15) is 0 Å². The molecule has 2 atom stereocenters. The average molecular weight is 490 g/mol. The van der Waals surface area contributed by atoms with Crippen LogP contribution in [0.15, 0.2) is 16.4 Å². The lowest BCUT2D eigenvalue weighted by Gasteiger charge is -2.49. The van der Waals surface area contributed by atoms with Crippen LogP contribution in [0.3, 0.4) is 0 Å². The molecule has 2 aliphatic heterocycles. The summed E-state index contributed by atoms with van der Waals surface area (Å²) < 4.78 is 0. The van der Waals surface area contributed by atoms with Crippen LogP contribution in [-0.4, -0.2) is 79.1 Å². The van der Waals surface area contributed by atoms with Crippen molar-refractivity contribution >= 4 is 73.9 Å². The van der Waals surface area contributed by atoms with Crippen LogP contribution in [0.2, 0.25) is 0 Å². The maximum atomic E-state index is 12.6. The van der Waals surface area contributed by atoms with E-state index in [0.29, 0.717) is 10.6 Å². The third-order valence-electron chi connectivity index (χ3n) is 3.86. The monoisotopic (exact) mass is 489 g/mol. The van der Waals surface area contributed by atoms with E-state index in [4.69, 9.17) is 0 Å². The van der Waals surface area contributed by atoms with Crippen molar-refractivity contribution in [2.75, 3.05) is 18.2 Å². The summed E-state index contributed by atoms with van der Waals surface area (Å²) in [5.74, 6) is -3.10. The first-order valence-corrected chi connectivity index (χ1v) is 10.6. The van der Waals surface area contributed by atoms with Crippen LogP contribution in [0.4, 0.5) is 0 Å². The molecule has 0 aliphatic carbocycles. The number of fused-ring (bicyclic) bond motifs is 1. The van der Waals surface area contributed by atoms with E-state index in [9.17, 15) is 24.3 Å². The number of hydrogen-bond acceptors (Lipinski definition) is 10. The molecular weight excluding hydrogens is 478 g/mol. The van der Waals surface area contributed by atoms with Gasteiger partial charge in [0.2, 0.25) is 11.5 Å². The number of carbonyl (C=O) groups excluding carboxylic acids is 3. The molecule has 0 radical (unpaired) electrons. The Kier molecular flexibility index (Phi) is 6.10. The molecule has 0 saturated carbocycles. The molecule has 2 aliphatic rings. The second-order valence-electron chi connectivity index (χ2n) is 5.42. The molecule has 1 fully saturated rings. The number of oxime groups is 1. The fraction of sp³-hybridized carbons (Fsp3) is 0.357. The van der Waals surface area contributed by atoms with E-state index in [-0.39, 0.29) is 16.8 Å². The lowest BCUT2D eigenvalue weighted by Crippen LogP contribution is -2.71. The summed E-state index contributed by atoms with van der Waals surface area (Å²) in [6, 6.07) is -0.993. The summed E-state index contributed by atoms with van der Waals surface area (Å²) in [7, 11) is 1.18. The van der Waals surface area contributed by atoms with Gasteiger partial charge in [-0.05, 0) is 0 Å². The molecule has 0 bridgehead atoms. The number of halogens is 1. The topological polar surface area (TPSA) is 151 Å². The number of amides is 2. The van der Waals surface area contributed by atoms with Gasteiger partial charge in [0.05, 0.1) is 5.33 Å². The van der Waals surface area contributed by atoms with E-state index in [1.54, 1.807) is 0 Å². The number of carbonyl (C=O) groups is 4. The number of nitrogens with one attached hydrogen (secondary N) is 1. The highest BCUT2D eigenvalue weighted by atomic mass is 79.9. The van der Waals surface area contributed by atoms with Crippen LogP contribution >= 0.6 is 39.0 Å². The Morgan fingerprint density at radius 3 is 2.82 bits per heavy atom. The highest BCUT2D eigenvalue weighted by molar-refractivity contribution is 9.09. The van der Waals surface area contributed by atoms with E-state index in [0.717, 1.165) is 4.90 Å². The Morgan fingerprint density at radius 1 is 1.50 bits per heavy atom. The molecule has 11 nitrogen and oxygen atoms in total. The molecule has 3 rings (SSSR count). The molecule has 1 unspecified atom stereocenters. The van der Waals surface area contributed by atoms with Crippen LogP contribution in [0.5, 0.6) is 0 Å². The molecule has 3 heterocycles. The number of β-lactam (4-membered cyclic amide) rings is 1. The summed E-state index contributed by atoms with van der Waals surface area (Å²) in [6.45, 7) is 0. The van der Waals surface area contributed by atoms with Gasteiger partial charge >= 0.3 is 5.97 Å². The predicted octanol–water partition coefficient (Wildman–Crippen LogP) is -0.300. The third-order valence-corrected chi connectivity index (χ3v) is 6.40. The second kappa shape index (κ2) is 8.36. The molecular formula is C14H12BrN5O6S2. The Balaban J connectivity index is 1.83. The summed E-state index contributed by atoms with van der Waals surface area (Å²) >= 11 is 5.39. The van der Waals surface area contributed by atoms with Gasteiger partial charge in [-0.3, -0.25) is 19.3 Å². The summed E-state index contributed by atoms with van der Waals surface area (Å²) in [4.78, 5) is 54.1. The number of thioether (sulfide) groups is 1. The van der Waals surface area contributed by atoms with Crippen LogP contribution < -0.4 is 5.32 Å². The molecule has 148 valence electrons. The van der Waals surface area contributed by atoms with Crippen molar-refractivity contribution < 1.29 is 29.1 Å². The van der Waals surface area contributed by atoms with Crippen molar-refractivity contribution in [3.63, 3.8) is 0 Å². The number of Topliss-reactive ketones (excluding diaryl/α,β-unsaturated/α-hetero) is 1. The first-order chi connectivity index (χ1) is 13.4. The number of carboxylic acid groups (broad SMARTS) is 1. The molecule has 2 amide bonds. The van der Waals surface area contributed by atoms with Gasteiger partial charge in [0.1, 0.15) is 34.7 Å². The predicted molar refractivity (Wildman–Crippen MR) is 103 cm³/mol. The van der Waals surface area contributed by atoms with Gasteiger partial charge in [0.15, 0.2) is 0 Å². The van der Waals surface area contributed by atoms with Gasteiger partial charge < -0.3 is 15.3 Å². The van der Waals surface area contributed by atoms with Crippen molar-refractivity contribution in [3.05, 3.63) is 16.2 Å². The number of aliphatic carboxylic acids is 1. The molecule has 28 heavy (non-hydrogen) atoms. The zero-order valence-corrected chi connectivity index (χ0v) is 17.3. The smallest absolute Gasteiger partial charge is 0.353 e. The van der Waals surface area contributed by atoms with E-state index >= 15 is 0 Å². The number of ketones is 1. The fourth-order valence-electron chi connectivity index (χ4n) is 2.67. The second-order valence-corrected chi connectivity index (χ2v) is 7.92. The molecule has 14 heteroatoms. The zero-order valence-electron chi connectivity index (χ0n) is 14.1. The van der Waals surface area contributed by atoms with Crippen LogP contribution in [0, 0.1) is 0 Å². The Hall–Kier alpha value is -2.32. The van der Waals surface area contributed by atoms with Crippen molar-refractivity contribution in [1.82, 2.24) is 20.4 Å². The summed E-state index contributed by atoms with van der Waals surface area (Å²) in [6.07, 6.45) is 0. The maximum absolute atomic E-state index is 12.6. The first kappa shape index (κ1) is 20.4. The van der Waals surface area contributed by atoms with Crippen molar-refractivity contribution in [1.29, 1.82) is 0 Å². The lowest BCUT2D eigenvalue weighted by molar-refractivity contribution is -0.149. The van der Waals surface area contributed by atoms with Crippen molar-refractivity contribution in [2.24, 2.45) is 5.16 Å². The van der Waals surface area contributed by atoms with E-state index < -0.39 is 40.7 Å². The highest BCUT2D eigenvalue weighted by Gasteiger charge is 2.55. The van der Waals surface area contributed by atoms with E-state index in [1.165, 1.54) is 35.7 Å². The number of aromatic nitrogens is 2. The Morgan fingerprint density at radius 2 is 2.25 bits per heavy atom. The molecule has 0 spiro atoms. The Labute approximate surface area is 174 Å². The van der Waals surface area contributed by atoms with Gasteiger partial charge in [-0.15, -0.1) is 33.3 Å². The van der Waals surface area contributed by atoms with E-state index in [2.05, 4.69) is 41.4 Å². The summed E-state index contributed by atoms with van der Waals surface area (Å²) in [5, 5.41) is 22.7. The fourth-order valence-corrected chi connectivity index (χ4v) is 4.97. The molecule has 2 N–H and O–H groups in total. The molecule has 1 saturated heterocycles. The van der Waals surface area contributed by atoms with Gasteiger partial charge in [-0.1, -0.05) is 21.1 Å². The number of hydrogen-bond donors (Lipinski definition) is 2. The normalized spacial score (nSPS) is 21.7. The van der Waals surface area contributed by atoms with Crippen molar-refractivity contribution in [3.8, 4) is 0 Å². The van der Waals surface area contributed by atoms with Gasteiger partial charge in [0.25, 0.3) is 11.8 Å². The van der Waals surface area contributed by atoms with Crippen LogP contribution in [0.1, 0.15) is 5.01 Å². The third kappa shape index (κ3) is 3.54. The van der Waals surface area contributed by atoms with Crippen molar-refractivity contribution in [2.45, 2.75) is 11.4 Å². The number of nitrogens with zero attached hydrogens (tertiary/aromatic N) is 4. The summed E-state index contributed by atoms with van der Waals surface area (Å²) in [5.41, 5.74) is 1.19. The molecule has 0 aromatic carbocycles. The number of rotatable bonds is 7. The van der Waals surface area contributed by atoms with Crippen LogP contribution in [-0.2, 0) is 24.0 Å². The molecule has 1 aromatic heterocycles. The zero-order chi connectivity index (χ0) is 20.4. The van der Waals surface area contributed by atoms with Crippen LogP contribution in [0.25, 0.3) is 5.57 Å². The standard InChI is InChI=1S/C14H12BrN5O6S2/c1-26-19-7(6(21)2-15)10(22)17-8-12(23)20-9(14(24)25)5(3-27-13(8)20)11-18-16-4-28-11/h4,8,13H,2-3H2,1H3,(H,17,22)(H,24,25)/t8?,13-/m1/s1. The maximum Gasteiger partial charge on any atom is 0.353 e. The minimum atomic E-state index is -1.27. The average Bonchev–Trinajstić information content (AvgIpc) is 3.22. The minimum Gasteiger partial charge on any atom is -0.477 e. The number of alkyl halides is 1. The Bertz CT molecular complexity index is 902. The highest BCUT2D eigenvalue weighted by Crippen LogP contribution is 2.43. The quantitative estimate of drug-likeness (QED) is 0.173. The largest absolute Gasteiger partial charge is 0.477 e. The lowest BCUT2D eigenvalue weighted by atomic mass is 10.0. The first-order valence-electron chi connectivity index (χ1n) is 7.59. The van der Waals surface area contributed by atoms with E-state index in [1.807, 2.05) is 0 Å².